The van der Waals surface area contributed by atoms with Crippen LogP contribution in [0.2, 0.25) is 0 Å². The molecule has 1 aromatic heterocycles. The van der Waals surface area contributed by atoms with E-state index in [1.165, 1.54) is 0 Å². The zero-order valence-corrected chi connectivity index (χ0v) is 15.7. The molecule has 0 aliphatic carbocycles. The Morgan fingerprint density at radius 3 is 2.74 bits per heavy atom. The van der Waals surface area contributed by atoms with Gasteiger partial charge in [0.05, 0.1) is 18.2 Å². The van der Waals surface area contributed by atoms with Crippen LogP contribution >= 0.6 is 0 Å². The summed E-state index contributed by atoms with van der Waals surface area (Å²) in [5.74, 6) is 0.418. The first-order valence-electron chi connectivity index (χ1n) is 9.73. The van der Waals surface area contributed by atoms with Gasteiger partial charge in [-0.1, -0.05) is 0 Å². The van der Waals surface area contributed by atoms with Gasteiger partial charge in [-0.3, -0.25) is 9.59 Å². The molecule has 0 aromatic carbocycles. The molecule has 0 N–H and O–H groups in total. The van der Waals surface area contributed by atoms with E-state index >= 15 is 0 Å². The number of ether oxygens (including phenoxy) is 2. The molecule has 146 valence electrons. The average Bonchev–Trinajstić information content (AvgIpc) is 3.30. The number of aryl methyl sites for hydroxylation is 1. The number of likely N-dealkylation sites (tertiary alicyclic amines) is 2. The van der Waals surface area contributed by atoms with Crippen molar-refractivity contribution in [1.82, 2.24) is 20.0 Å². The summed E-state index contributed by atoms with van der Waals surface area (Å²) < 4.78 is 11.2. The van der Waals surface area contributed by atoms with Gasteiger partial charge in [0.1, 0.15) is 6.10 Å². The maximum Gasteiger partial charge on any atom is 0.233 e. The van der Waals surface area contributed by atoms with E-state index in [1.54, 1.807) is 6.07 Å². The summed E-state index contributed by atoms with van der Waals surface area (Å²) >= 11 is 0. The topological polar surface area (TPSA) is 84.9 Å². The number of hydrogen-bond donors (Lipinski definition) is 0. The fourth-order valence-corrected chi connectivity index (χ4v) is 4.15. The lowest BCUT2D eigenvalue weighted by Crippen LogP contribution is -2.42. The van der Waals surface area contributed by atoms with Crippen LogP contribution in [0, 0.1) is 12.8 Å². The molecule has 4 rings (SSSR count). The quantitative estimate of drug-likeness (QED) is 0.775. The van der Waals surface area contributed by atoms with Crippen molar-refractivity contribution in [2.75, 3.05) is 32.8 Å². The predicted octanol–water partition coefficient (Wildman–Crippen LogP) is 0.792. The highest BCUT2D eigenvalue weighted by Crippen LogP contribution is 2.27. The van der Waals surface area contributed by atoms with E-state index in [0.29, 0.717) is 45.1 Å². The molecule has 3 aliphatic heterocycles. The molecule has 1 aromatic rings. The molecule has 0 bridgehead atoms. The van der Waals surface area contributed by atoms with Crippen LogP contribution < -0.4 is 4.74 Å². The van der Waals surface area contributed by atoms with Crippen LogP contribution in [0.4, 0.5) is 0 Å². The first-order chi connectivity index (χ1) is 13.1. The van der Waals surface area contributed by atoms with E-state index in [1.807, 2.05) is 22.8 Å². The molecule has 0 unspecified atom stereocenters. The minimum Gasteiger partial charge on any atom is -0.471 e. The maximum atomic E-state index is 12.9. The number of amides is 2. The van der Waals surface area contributed by atoms with Crippen LogP contribution in [-0.4, -0.2) is 76.8 Å². The summed E-state index contributed by atoms with van der Waals surface area (Å²) in [6, 6.07) is 3.88. The molecule has 2 amide bonds. The molecule has 0 spiro atoms. The zero-order chi connectivity index (χ0) is 18.8. The molecular formula is C19H26N4O4. The van der Waals surface area contributed by atoms with Crippen molar-refractivity contribution in [1.29, 1.82) is 0 Å². The lowest BCUT2D eigenvalue weighted by atomic mass is 10.1. The van der Waals surface area contributed by atoms with Crippen LogP contribution in [0.5, 0.6) is 5.88 Å². The fourth-order valence-electron chi connectivity index (χ4n) is 4.15. The molecule has 3 saturated heterocycles. The lowest BCUT2D eigenvalue weighted by molar-refractivity contribution is -0.135. The standard InChI is InChI=1S/C19H26N4O4/c1-13-2-3-17(21-20-13)27-16-4-7-22(12-16)19(25)14-10-18(24)23(11-14)15-5-8-26-9-6-15/h2-3,14-16H,4-12H2,1H3/t14-,16+/m0/s1. The summed E-state index contributed by atoms with van der Waals surface area (Å²) in [7, 11) is 0. The van der Waals surface area contributed by atoms with Gasteiger partial charge in [0.25, 0.3) is 0 Å². The van der Waals surface area contributed by atoms with Crippen LogP contribution in [0.25, 0.3) is 0 Å². The molecular weight excluding hydrogens is 348 g/mol. The molecule has 8 nitrogen and oxygen atoms in total. The van der Waals surface area contributed by atoms with Gasteiger partial charge in [-0.15, -0.1) is 5.10 Å². The van der Waals surface area contributed by atoms with Gasteiger partial charge in [-0.2, -0.15) is 5.10 Å². The van der Waals surface area contributed by atoms with Gasteiger partial charge < -0.3 is 19.3 Å². The van der Waals surface area contributed by atoms with Gasteiger partial charge in [0, 0.05) is 51.3 Å². The number of rotatable bonds is 4. The maximum absolute atomic E-state index is 12.9. The van der Waals surface area contributed by atoms with E-state index in [9.17, 15) is 9.59 Å². The SMILES string of the molecule is Cc1ccc(O[C@@H]2CCN(C(=O)[C@H]3CC(=O)N(C4CCOCC4)C3)C2)nn1. The van der Waals surface area contributed by atoms with Crippen molar-refractivity contribution in [3.05, 3.63) is 17.8 Å². The van der Waals surface area contributed by atoms with E-state index in [0.717, 1.165) is 25.0 Å². The van der Waals surface area contributed by atoms with Crippen molar-refractivity contribution in [2.24, 2.45) is 5.92 Å². The van der Waals surface area contributed by atoms with Crippen molar-refractivity contribution >= 4 is 11.8 Å². The average molecular weight is 374 g/mol. The Bertz CT molecular complexity index is 689. The Morgan fingerprint density at radius 2 is 2.00 bits per heavy atom. The summed E-state index contributed by atoms with van der Waals surface area (Å²) in [5, 5.41) is 8.02. The molecule has 0 saturated carbocycles. The third-order valence-electron chi connectivity index (χ3n) is 5.66. The number of carbonyl (C=O) groups is 2. The highest BCUT2D eigenvalue weighted by atomic mass is 16.5. The van der Waals surface area contributed by atoms with E-state index < -0.39 is 0 Å². The summed E-state index contributed by atoms with van der Waals surface area (Å²) in [6.45, 7) is 4.99. The van der Waals surface area contributed by atoms with E-state index in [4.69, 9.17) is 9.47 Å². The fraction of sp³-hybridized carbons (Fsp3) is 0.684. The van der Waals surface area contributed by atoms with Gasteiger partial charge in [-0.05, 0) is 25.8 Å². The summed E-state index contributed by atoms with van der Waals surface area (Å²) in [5.41, 5.74) is 0.838. The number of carbonyl (C=O) groups excluding carboxylic acids is 2. The number of nitrogens with zero attached hydrogens (tertiary/aromatic N) is 4. The normalized spacial score (nSPS) is 26.6. The van der Waals surface area contributed by atoms with Gasteiger partial charge >= 0.3 is 0 Å². The predicted molar refractivity (Wildman–Crippen MR) is 96.0 cm³/mol. The van der Waals surface area contributed by atoms with Crippen LogP contribution in [0.1, 0.15) is 31.4 Å². The molecule has 3 fully saturated rings. The molecule has 3 aliphatic rings. The van der Waals surface area contributed by atoms with Gasteiger partial charge in [0.15, 0.2) is 0 Å². The van der Waals surface area contributed by atoms with Crippen molar-refractivity contribution in [2.45, 2.75) is 44.8 Å². The summed E-state index contributed by atoms with van der Waals surface area (Å²) in [6.07, 6.45) is 2.75. The van der Waals surface area contributed by atoms with Crippen LogP contribution in [0.15, 0.2) is 12.1 Å². The smallest absolute Gasteiger partial charge is 0.233 e. The monoisotopic (exact) mass is 374 g/mol. The Labute approximate surface area is 158 Å². The molecule has 4 heterocycles. The van der Waals surface area contributed by atoms with E-state index in [-0.39, 0.29) is 29.9 Å². The number of hydrogen-bond acceptors (Lipinski definition) is 6. The molecule has 2 atom stereocenters. The number of aromatic nitrogens is 2. The Hall–Kier alpha value is -2.22. The van der Waals surface area contributed by atoms with Crippen LogP contribution in [0.3, 0.4) is 0 Å². The van der Waals surface area contributed by atoms with Crippen molar-refractivity contribution in [3.63, 3.8) is 0 Å². The van der Waals surface area contributed by atoms with Gasteiger partial charge in [0.2, 0.25) is 17.7 Å². The van der Waals surface area contributed by atoms with Crippen LogP contribution in [-0.2, 0) is 14.3 Å². The van der Waals surface area contributed by atoms with Crippen molar-refractivity contribution in [3.8, 4) is 5.88 Å². The third kappa shape index (κ3) is 4.05. The van der Waals surface area contributed by atoms with Crippen molar-refractivity contribution < 1.29 is 19.1 Å². The molecule has 27 heavy (non-hydrogen) atoms. The zero-order valence-electron chi connectivity index (χ0n) is 15.7. The minimum absolute atomic E-state index is 0.0685. The van der Waals surface area contributed by atoms with Gasteiger partial charge in [-0.25, -0.2) is 0 Å². The molecule has 0 radical (unpaired) electrons. The lowest BCUT2D eigenvalue weighted by Gasteiger charge is -2.31. The largest absolute Gasteiger partial charge is 0.471 e. The van der Waals surface area contributed by atoms with E-state index in [2.05, 4.69) is 10.2 Å². The highest BCUT2D eigenvalue weighted by molar-refractivity contribution is 5.89. The minimum atomic E-state index is -0.238. The highest BCUT2D eigenvalue weighted by Gasteiger charge is 2.41. The second kappa shape index (κ2) is 7.80. The second-order valence-corrected chi connectivity index (χ2v) is 7.62. The Balaban J connectivity index is 1.31. The Kier molecular flexibility index (Phi) is 5.24. The second-order valence-electron chi connectivity index (χ2n) is 7.62. The Morgan fingerprint density at radius 1 is 1.19 bits per heavy atom. The molecule has 8 heteroatoms. The first kappa shape index (κ1) is 18.2. The summed E-state index contributed by atoms with van der Waals surface area (Å²) in [4.78, 5) is 29.0. The first-order valence-corrected chi connectivity index (χ1v) is 9.73. The third-order valence-corrected chi connectivity index (χ3v) is 5.66.